The summed E-state index contributed by atoms with van der Waals surface area (Å²) in [7, 11) is 0. The molecule has 1 N–H and O–H groups in total. The highest BCUT2D eigenvalue weighted by molar-refractivity contribution is 5.89. The summed E-state index contributed by atoms with van der Waals surface area (Å²) in [6, 6.07) is 17.7. The van der Waals surface area contributed by atoms with E-state index >= 15 is 0 Å². The number of hydrogen-bond acceptors (Lipinski definition) is 3. The van der Waals surface area contributed by atoms with Gasteiger partial charge in [-0.15, -0.1) is 0 Å². The molecule has 0 saturated carbocycles. The third-order valence-corrected chi connectivity index (χ3v) is 4.46. The number of carbonyl (C=O) groups excluding carboxylic acids is 2. The molecule has 1 aliphatic heterocycles. The molecule has 148 valence electrons. The Balaban J connectivity index is 1.51. The van der Waals surface area contributed by atoms with Crippen LogP contribution in [0.4, 0.5) is 15.3 Å². The zero-order valence-electron chi connectivity index (χ0n) is 16.6. The van der Waals surface area contributed by atoms with Crippen molar-refractivity contribution in [1.29, 1.82) is 0 Å². The van der Waals surface area contributed by atoms with Crippen LogP contribution in [0.5, 0.6) is 0 Å². The molecule has 28 heavy (non-hydrogen) atoms. The number of hydrogen-bond donors (Lipinski definition) is 1. The number of nitrogens with one attached hydrogen (secondary N) is 1. The Bertz CT molecular complexity index is 805. The molecule has 3 amide bonds. The highest BCUT2D eigenvalue weighted by atomic mass is 16.6. The van der Waals surface area contributed by atoms with Gasteiger partial charge in [-0.1, -0.05) is 42.5 Å². The van der Waals surface area contributed by atoms with E-state index in [9.17, 15) is 9.59 Å². The SMILES string of the molecule is CC(C)(C)OC(=O)N1CCN(C(=O)Nc2ccc(-c3ccccc3)cc2)CC1. The van der Waals surface area contributed by atoms with Crippen LogP contribution in [0.2, 0.25) is 0 Å². The van der Waals surface area contributed by atoms with E-state index in [2.05, 4.69) is 17.4 Å². The van der Waals surface area contributed by atoms with Crippen molar-refractivity contribution in [2.75, 3.05) is 31.5 Å². The van der Waals surface area contributed by atoms with E-state index in [-0.39, 0.29) is 12.1 Å². The maximum absolute atomic E-state index is 12.5. The average molecular weight is 381 g/mol. The first kappa shape index (κ1) is 19.7. The number of nitrogens with zero attached hydrogens (tertiary/aromatic N) is 2. The monoisotopic (exact) mass is 381 g/mol. The first-order chi connectivity index (χ1) is 13.3. The standard InChI is InChI=1S/C22H27N3O3/c1-22(2,3)28-21(27)25-15-13-24(14-16-25)20(26)23-19-11-9-18(10-12-19)17-7-5-4-6-8-17/h4-12H,13-16H2,1-3H3,(H,23,26). The zero-order chi connectivity index (χ0) is 20.1. The van der Waals surface area contributed by atoms with Gasteiger partial charge in [0.15, 0.2) is 0 Å². The van der Waals surface area contributed by atoms with Crippen LogP contribution < -0.4 is 5.32 Å². The number of rotatable bonds is 2. The van der Waals surface area contributed by atoms with Crippen LogP contribution >= 0.6 is 0 Å². The molecule has 1 aliphatic rings. The molecular formula is C22H27N3O3. The van der Waals surface area contributed by atoms with Gasteiger partial charge in [-0.05, 0) is 44.0 Å². The van der Waals surface area contributed by atoms with Gasteiger partial charge in [0.05, 0.1) is 0 Å². The van der Waals surface area contributed by atoms with Gasteiger partial charge in [-0.2, -0.15) is 0 Å². The first-order valence-electron chi connectivity index (χ1n) is 9.51. The predicted molar refractivity (Wildman–Crippen MR) is 110 cm³/mol. The fourth-order valence-electron chi connectivity index (χ4n) is 3.00. The van der Waals surface area contributed by atoms with Gasteiger partial charge in [0.25, 0.3) is 0 Å². The molecule has 0 radical (unpaired) electrons. The minimum Gasteiger partial charge on any atom is -0.444 e. The molecule has 1 fully saturated rings. The summed E-state index contributed by atoms with van der Waals surface area (Å²) in [5.41, 5.74) is 2.47. The number of urea groups is 1. The fraction of sp³-hybridized carbons (Fsp3) is 0.364. The minimum atomic E-state index is -0.516. The Morgan fingerprint density at radius 1 is 0.821 bits per heavy atom. The summed E-state index contributed by atoms with van der Waals surface area (Å²) in [5, 5.41) is 2.92. The number of benzene rings is 2. The van der Waals surface area contributed by atoms with Crippen LogP contribution in [0, 0.1) is 0 Å². The number of ether oxygens (including phenoxy) is 1. The van der Waals surface area contributed by atoms with E-state index in [1.165, 1.54) is 0 Å². The van der Waals surface area contributed by atoms with Crippen molar-refractivity contribution >= 4 is 17.8 Å². The zero-order valence-corrected chi connectivity index (χ0v) is 16.6. The quantitative estimate of drug-likeness (QED) is 0.837. The Hall–Kier alpha value is -3.02. The number of piperazine rings is 1. The lowest BCUT2D eigenvalue weighted by molar-refractivity contribution is 0.0174. The Kier molecular flexibility index (Phi) is 5.87. The van der Waals surface area contributed by atoms with Crippen molar-refractivity contribution in [1.82, 2.24) is 9.80 Å². The first-order valence-corrected chi connectivity index (χ1v) is 9.51. The van der Waals surface area contributed by atoms with Gasteiger partial charge in [0, 0.05) is 31.9 Å². The van der Waals surface area contributed by atoms with E-state index < -0.39 is 5.60 Å². The van der Waals surface area contributed by atoms with Crippen molar-refractivity contribution in [3.8, 4) is 11.1 Å². The highest BCUT2D eigenvalue weighted by Crippen LogP contribution is 2.21. The largest absolute Gasteiger partial charge is 0.444 e. The van der Waals surface area contributed by atoms with Crippen molar-refractivity contribution in [3.63, 3.8) is 0 Å². The van der Waals surface area contributed by atoms with Gasteiger partial charge >= 0.3 is 12.1 Å². The molecule has 0 aliphatic carbocycles. The van der Waals surface area contributed by atoms with E-state index in [0.717, 1.165) is 16.8 Å². The second-order valence-electron chi connectivity index (χ2n) is 7.83. The normalized spacial score (nSPS) is 14.5. The van der Waals surface area contributed by atoms with Crippen LogP contribution in [0.3, 0.4) is 0 Å². The van der Waals surface area contributed by atoms with Crippen molar-refractivity contribution in [3.05, 3.63) is 54.6 Å². The third kappa shape index (κ3) is 5.25. The maximum atomic E-state index is 12.5. The van der Waals surface area contributed by atoms with E-state index in [0.29, 0.717) is 26.2 Å². The highest BCUT2D eigenvalue weighted by Gasteiger charge is 2.27. The molecule has 6 nitrogen and oxygen atoms in total. The Labute approximate surface area is 166 Å². The van der Waals surface area contributed by atoms with Crippen LogP contribution in [-0.2, 0) is 4.74 Å². The van der Waals surface area contributed by atoms with Crippen molar-refractivity contribution in [2.24, 2.45) is 0 Å². The second kappa shape index (κ2) is 8.33. The number of anilines is 1. The van der Waals surface area contributed by atoms with Gasteiger partial charge in [-0.25, -0.2) is 9.59 Å². The summed E-state index contributed by atoms with van der Waals surface area (Å²) in [6.07, 6.45) is -0.330. The predicted octanol–water partition coefficient (Wildman–Crippen LogP) is 4.44. The van der Waals surface area contributed by atoms with Crippen LogP contribution in [-0.4, -0.2) is 53.7 Å². The summed E-state index contributed by atoms with van der Waals surface area (Å²) in [6.45, 7) is 7.43. The summed E-state index contributed by atoms with van der Waals surface area (Å²) < 4.78 is 5.38. The molecule has 0 bridgehead atoms. The molecule has 0 spiro atoms. The minimum absolute atomic E-state index is 0.156. The van der Waals surface area contributed by atoms with Gasteiger partial charge < -0.3 is 19.9 Å². The lowest BCUT2D eigenvalue weighted by Gasteiger charge is -2.35. The molecule has 1 heterocycles. The van der Waals surface area contributed by atoms with Crippen molar-refractivity contribution in [2.45, 2.75) is 26.4 Å². The molecule has 0 atom stereocenters. The Morgan fingerprint density at radius 3 is 1.93 bits per heavy atom. The van der Waals surface area contributed by atoms with Crippen LogP contribution in [0.25, 0.3) is 11.1 Å². The van der Waals surface area contributed by atoms with E-state index in [4.69, 9.17) is 4.74 Å². The van der Waals surface area contributed by atoms with Gasteiger partial charge in [-0.3, -0.25) is 0 Å². The fourth-order valence-corrected chi connectivity index (χ4v) is 3.00. The lowest BCUT2D eigenvalue weighted by atomic mass is 10.1. The topological polar surface area (TPSA) is 61.9 Å². The van der Waals surface area contributed by atoms with E-state index in [1.54, 1.807) is 9.80 Å². The maximum Gasteiger partial charge on any atom is 0.410 e. The third-order valence-electron chi connectivity index (χ3n) is 4.46. The molecule has 3 rings (SSSR count). The van der Waals surface area contributed by atoms with E-state index in [1.807, 2.05) is 63.2 Å². The molecule has 2 aromatic rings. The molecule has 1 saturated heterocycles. The smallest absolute Gasteiger partial charge is 0.410 e. The van der Waals surface area contributed by atoms with Gasteiger partial charge in [0.1, 0.15) is 5.60 Å². The molecule has 0 aromatic heterocycles. The van der Waals surface area contributed by atoms with Crippen LogP contribution in [0.15, 0.2) is 54.6 Å². The molecule has 6 heteroatoms. The van der Waals surface area contributed by atoms with Crippen molar-refractivity contribution < 1.29 is 14.3 Å². The Morgan fingerprint density at radius 2 is 1.36 bits per heavy atom. The summed E-state index contributed by atoms with van der Waals surface area (Å²) in [4.78, 5) is 28.0. The second-order valence-corrected chi connectivity index (χ2v) is 7.83. The summed E-state index contributed by atoms with van der Waals surface area (Å²) >= 11 is 0. The van der Waals surface area contributed by atoms with Gasteiger partial charge in [0.2, 0.25) is 0 Å². The summed E-state index contributed by atoms with van der Waals surface area (Å²) in [5.74, 6) is 0. The van der Waals surface area contributed by atoms with Crippen LogP contribution in [0.1, 0.15) is 20.8 Å². The number of amides is 3. The average Bonchev–Trinajstić information content (AvgIpc) is 2.68. The number of carbonyl (C=O) groups is 2. The molecule has 0 unspecified atom stereocenters. The molecular weight excluding hydrogens is 354 g/mol. The molecule has 2 aromatic carbocycles. The lowest BCUT2D eigenvalue weighted by Crippen LogP contribution is -2.52.